The Labute approximate surface area is 123 Å². The standard InChI is InChI=1S/C18H29NO/c1-4-19-17-8-6-5-7-16(13-17)15-9-11-18(12-10-15)20-14(2)3/h9-12,14,16-17,19H,4-8,13H2,1-3H3. The van der Waals surface area contributed by atoms with E-state index in [0.717, 1.165) is 12.3 Å². The molecule has 1 aromatic carbocycles. The molecule has 0 bridgehead atoms. The van der Waals surface area contributed by atoms with Gasteiger partial charge in [-0.3, -0.25) is 0 Å². The summed E-state index contributed by atoms with van der Waals surface area (Å²) in [5, 5.41) is 3.64. The summed E-state index contributed by atoms with van der Waals surface area (Å²) in [6.45, 7) is 7.43. The Balaban J connectivity index is 2.01. The van der Waals surface area contributed by atoms with Crippen molar-refractivity contribution in [3.63, 3.8) is 0 Å². The van der Waals surface area contributed by atoms with Crippen LogP contribution in [0, 0.1) is 0 Å². The van der Waals surface area contributed by atoms with Crippen molar-refractivity contribution < 1.29 is 4.74 Å². The van der Waals surface area contributed by atoms with E-state index < -0.39 is 0 Å². The predicted octanol–water partition coefficient (Wildman–Crippen LogP) is 4.50. The zero-order chi connectivity index (χ0) is 14.4. The van der Waals surface area contributed by atoms with Gasteiger partial charge >= 0.3 is 0 Å². The minimum atomic E-state index is 0.247. The van der Waals surface area contributed by atoms with Crippen molar-refractivity contribution in [3.8, 4) is 5.75 Å². The van der Waals surface area contributed by atoms with Crippen molar-refractivity contribution in [1.29, 1.82) is 0 Å². The van der Waals surface area contributed by atoms with E-state index in [9.17, 15) is 0 Å². The number of ether oxygens (including phenoxy) is 1. The van der Waals surface area contributed by atoms with Crippen molar-refractivity contribution in [1.82, 2.24) is 5.32 Å². The lowest BCUT2D eigenvalue weighted by molar-refractivity contribution is 0.242. The van der Waals surface area contributed by atoms with Crippen LogP contribution in [0.4, 0.5) is 0 Å². The third-order valence-electron chi connectivity index (χ3n) is 4.14. The molecule has 1 aliphatic rings. The highest BCUT2D eigenvalue weighted by atomic mass is 16.5. The van der Waals surface area contributed by atoms with E-state index in [1.165, 1.54) is 37.7 Å². The maximum atomic E-state index is 5.73. The predicted molar refractivity (Wildman–Crippen MR) is 85.5 cm³/mol. The monoisotopic (exact) mass is 275 g/mol. The Hall–Kier alpha value is -1.02. The summed E-state index contributed by atoms with van der Waals surface area (Å²) in [5.41, 5.74) is 1.48. The summed E-state index contributed by atoms with van der Waals surface area (Å²) >= 11 is 0. The second kappa shape index (κ2) is 7.68. The van der Waals surface area contributed by atoms with E-state index in [1.54, 1.807) is 0 Å². The molecule has 2 nitrogen and oxygen atoms in total. The molecule has 112 valence electrons. The molecule has 0 aromatic heterocycles. The molecule has 1 aromatic rings. The molecule has 0 radical (unpaired) electrons. The van der Waals surface area contributed by atoms with E-state index in [-0.39, 0.29) is 6.10 Å². The highest BCUT2D eigenvalue weighted by molar-refractivity contribution is 5.29. The third kappa shape index (κ3) is 4.52. The molecule has 20 heavy (non-hydrogen) atoms. The summed E-state index contributed by atoms with van der Waals surface area (Å²) in [4.78, 5) is 0. The van der Waals surface area contributed by atoms with Gasteiger partial charge in [0.25, 0.3) is 0 Å². The van der Waals surface area contributed by atoms with Crippen molar-refractivity contribution in [2.75, 3.05) is 6.54 Å². The van der Waals surface area contributed by atoms with E-state index >= 15 is 0 Å². The van der Waals surface area contributed by atoms with Crippen LogP contribution in [0.5, 0.6) is 5.75 Å². The molecule has 1 saturated carbocycles. The van der Waals surface area contributed by atoms with Gasteiger partial charge in [0, 0.05) is 6.04 Å². The second-order valence-electron chi connectivity index (χ2n) is 6.21. The molecule has 0 heterocycles. The largest absolute Gasteiger partial charge is 0.491 e. The van der Waals surface area contributed by atoms with Crippen LogP contribution in [0.2, 0.25) is 0 Å². The molecule has 2 unspecified atom stereocenters. The fraction of sp³-hybridized carbons (Fsp3) is 0.667. The average molecular weight is 275 g/mol. The van der Waals surface area contributed by atoms with E-state index in [4.69, 9.17) is 4.74 Å². The van der Waals surface area contributed by atoms with E-state index in [2.05, 4.69) is 50.4 Å². The fourth-order valence-corrected chi connectivity index (χ4v) is 3.23. The molecular weight excluding hydrogens is 246 g/mol. The molecule has 2 atom stereocenters. The zero-order valence-corrected chi connectivity index (χ0v) is 13.2. The number of hydrogen-bond acceptors (Lipinski definition) is 2. The van der Waals surface area contributed by atoms with Gasteiger partial charge in [0.15, 0.2) is 0 Å². The fourth-order valence-electron chi connectivity index (χ4n) is 3.23. The minimum Gasteiger partial charge on any atom is -0.491 e. The van der Waals surface area contributed by atoms with Crippen LogP contribution in [-0.2, 0) is 0 Å². The second-order valence-corrected chi connectivity index (χ2v) is 6.21. The van der Waals surface area contributed by atoms with Crippen LogP contribution in [-0.4, -0.2) is 18.7 Å². The molecule has 0 spiro atoms. The molecule has 1 aliphatic carbocycles. The van der Waals surface area contributed by atoms with Gasteiger partial charge in [-0.05, 0) is 63.3 Å². The first kappa shape index (κ1) is 15.4. The Morgan fingerprint density at radius 3 is 2.50 bits per heavy atom. The van der Waals surface area contributed by atoms with E-state index in [0.29, 0.717) is 12.0 Å². The molecule has 1 fully saturated rings. The van der Waals surface area contributed by atoms with Crippen LogP contribution < -0.4 is 10.1 Å². The molecular formula is C18H29NO. The average Bonchev–Trinajstić information content (AvgIpc) is 2.65. The summed E-state index contributed by atoms with van der Waals surface area (Å²) in [6.07, 6.45) is 6.90. The zero-order valence-electron chi connectivity index (χ0n) is 13.2. The van der Waals surface area contributed by atoms with Crippen LogP contribution >= 0.6 is 0 Å². The summed E-state index contributed by atoms with van der Waals surface area (Å²) in [6, 6.07) is 9.47. The van der Waals surface area contributed by atoms with Gasteiger partial charge in [-0.25, -0.2) is 0 Å². The van der Waals surface area contributed by atoms with Crippen molar-refractivity contribution in [3.05, 3.63) is 29.8 Å². The first-order valence-corrected chi connectivity index (χ1v) is 8.19. The summed E-state index contributed by atoms with van der Waals surface area (Å²) in [5.74, 6) is 1.69. The van der Waals surface area contributed by atoms with Gasteiger partial charge < -0.3 is 10.1 Å². The summed E-state index contributed by atoms with van der Waals surface area (Å²) in [7, 11) is 0. The number of hydrogen-bond donors (Lipinski definition) is 1. The Kier molecular flexibility index (Phi) is 5.90. The van der Waals surface area contributed by atoms with E-state index in [1.807, 2.05) is 0 Å². The molecule has 1 N–H and O–H groups in total. The number of nitrogens with one attached hydrogen (secondary N) is 1. The lowest BCUT2D eigenvalue weighted by atomic mass is 9.90. The van der Waals surface area contributed by atoms with Gasteiger partial charge in [0.1, 0.15) is 5.75 Å². The van der Waals surface area contributed by atoms with Gasteiger partial charge in [-0.15, -0.1) is 0 Å². The molecule has 0 amide bonds. The Morgan fingerprint density at radius 2 is 1.85 bits per heavy atom. The van der Waals surface area contributed by atoms with Crippen molar-refractivity contribution >= 4 is 0 Å². The lowest BCUT2D eigenvalue weighted by Crippen LogP contribution is -2.29. The maximum absolute atomic E-state index is 5.73. The van der Waals surface area contributed by atoms with Gasteiger partial charge in [0.05, 0.1) is 6.10 Å². The first-order chi connectivity index (χ1) is 9.69. The van der Waals surface area contributed by atoms with Crippen LogP contribution in [0.15, 0.2) is 24.3 Å². The number of benzene rings is 1. The van der Waals surface area contributed by atoms with Gasteiger partial charge in [-0.1, -0.05) is 31.9 Å². The van der Waals surface area contributed by atoms with Gasteiger partial charge in [0.2, 0.25) is 0 Å². The van der Waals surface area contributed by atoms with Crippen LogP contribution in [0.25, 0.3) is 0 Å². The SMILES string of the molecule is CCNC1CCCCC(c2ccc(OC(C)C)cc2)C1. The topological polar surface area (TPSA) is 21.3 Å². The third-order valence-corrected chi connectivity index (χ3v) is 4.14. The molecule has 0 saturated heterocycles. The molecule has 2 heteroatoms. The Morgan fingerprint density at radius 1 is 1.15 bits per heavy atom. The van der Waals surface area contributed by atoms with Crippen molar-refractivity contribution in [2.45, 2.75) is 70.9 Å². The molecule has 0 aliphatic heterocycles. The van der Waals surface area contributed by atoms with Crippen LogP contribution in [0.3, 0.4) is 0 Å². The van der Waals surface area contributed by atoms with Crippen LogP contribution in [0.1, 0.15) is 64.4 Å². The maximum Gasteiger partial charge on any atom is 0.119 e. The quantitative estimate of drug-likeness (QED) is 0.799. The first-order valence-electron chi connectivity index (χ1n) is 8.19. The molecule has 2 rings (SSSR count). The normalized spacial score (nSPS) is 23.6. The number of rotatable bonds is 5. The summed E-state index contributed by atoms with van der Waals surface area (Å²) < 4.78 is 5.73. The van der Waals surface area contributed by atoms with Gasteiger partial charge in [-0.2, -0.15) is 0 Å². The highest BCUT2D eigenvalue weighted by Crippen LogP contribution is 2.32. The van der Waals surface area contributed by atoms with Crippen molar-refractivity contribution in [2.24, 2.45) is 0 Å². The minimum absolute atomic E-state index is 0.247. The lowest BCUT2D eigenvalue weighted by Gasteiger charge is -2.21. The Bertz CT molecular complexity index is 385. The highest BCUT2D eigenvalue weighted by Gasteiger charge is 2.20. The smallest absolute Gasteiger partial charge is 0.119 e.